The molecule has 0 atom stereocenters. The third-order valence-corrected chi connectivity index (χ3v) is 5.85. The Morgan fingerprint density at radius 3 is 2.69 bits per heavy atom. The van der Waals surface area contributed by atoms with E-state index in [1.54, 1.807) is 6.07 Å². The van der Waals surface area contributed by atoms with Gasteiger partial charge in [0.1, 0.15) is 11.2 Å². The maximum absolute atomic E-state index is 11.5. The van der Waals surface area contributed by atoms with Gasteiger partial charge < -0.3 is 14.6 Å². The van der Waals surface area contributed by atoms with Crippen LogP contribution in [-0.2, 0) is 0 Å². The number of nitrogens with zero attached hydrogens (tertiary/aromatic N) is 5. The summed E-state index contributed by atoms with van der Waals surface area (Å²) in [5, 5.41) is 2.03. The van der Waals surface area contributed by atoms with Crippen molar-refractivity contribution < 1.29 is 4.74 Å². The zero-order valence-electron chi connectivity index (χ0n) is 17.9. The third-order valence-electron chi connectivity index (χ3n) is 5.85. The second kappa shape index (κ2) is 9.32. The predicted octanol–water partition coefficient (Wildman–Crippen LogP) is 2.85. The molecule has 32 heavy (non-hydrogen) atoms. The molecule has 1 saturated heterocycles. The molecule has 164 valence electrons. The average molecular weight is 431 g/mol. The minimum Gasteiger partial charge on any atom is -0.478 e. The summed E-state index contributed by atoms with van der Waals surface area (Å²) in [6.07, 6.45) is 5.73. The summed E-state index contributed by atoms with van der Waals surface area (Å²) in [6.45, 7) is 5.62. The molecule has 0 spiro atoms. The van der Waals surface area contributed by atoms with Crippen LogP contribution >= 0.6 is 0 Å². The maximum Gasteiger partial charge on any atom is 0.249 e. The minimum absolute atomic E-state index is 0.158. The van der Waals surface area contributed by atoms with E-state index in [4.69, 9.17) is 4.74 Å². The van der Waals surface area contributed by atoms with Crippen LogP contribution in [0.3, 0.4) is 0 Å². The standard InChI is InChI=1S/C24H26N6O2/c31-20-7-5-19-6-8-21(28-23(19)27-20)32-17-2-1-12-29-13-15-30(16-14-29)24-22-18(9-11-26-24)4-3-10-25-22/h3-11H,1-2,12-17H2,(H,27,28,31). The summed E-state index contributed by atoms with van der Waals surface area (Å²) in [7, 11) is 0. The van der Waals surface area contributed by atoms with Crippen LogP contribution in [0.5, 0.6) is 5.88 Å². The minimum atomic E-state index is -0.158. The highest BCUT2D eigenvalue weighted by molar-refractivity contribution is 5.88. The molecule has 0 saturated carbocycles. The largest absolute Gasteiger partial charge is 0.478 e. The number of rotatable bonds is 7. The zero-order valence-corrected chi connectivity index (χ0v) is 17.9. The average Bonchev–Trinajstić information content (AvgIpc) is 2.83. The van der Waals surface area contributed by atoms with Gasteiger partial charge in [-0.2, -0.15) is 4.98 Å². The molecule has 1 fully saturated rings. The Labute approximate surface area is 185 Å². The van der Waals surface area contributed by atoms with E-state index in [0.717, 1.165) is 67.7 Å². The van der Waals surface area contributed by atoms with Crippen molar-refractivity contribution in [2.45, 2.75) is 12.8 Å². The summed E-state index contributed by atoms with van der Waals surface area (Å²) in [6, 6.07) is 13.1. The number of aromatic amines is 1. The van der Waals surface area contributed by atoms with E-state index in [1.165, 1.54) is 6.07 Å². The van der Waals surface area contributed by atoms with Crippen LogP contribution in [0.15, 0.2) is 59.7 Å². The highest BCUT2D eigenvalue weighted by atomic mass is 16.5. The fraction of sp³-hybridized carbons (Fsp3) is 0.333. The maximum atomic E-state index is 11.5. The Hall–Kier alpha value is -3.52. The van der Waals surface area contributed by atoms with Crippen molar-refractivity contribution >= 4 is 27.8 Å². The lowest BCUT2D eigenvalue weighted by Crippen LogP contribution is -2.47. The van der Waals surface area contributed by atoms with E-state index < -0.39 is 0 Å². The molecule has 1 N–H and O–H groups in total. The number of nitrogens with one attached hydrogen (secondary N) is 1. The molecule has 0 aliphatic carbocycles. The van der Waals surface area contributed by atoms with Gasteiger partial charge in [-0.1, -0.05) is 6.07 Å². The zero-order chi connectivity index (χ0) is 21.8. The SMILES string of the molecule is O=c1ccc2ccc(OCCCCN3CCN(c4nccc5cccnc45)CC3)nc2[nH]1. The van der Waals surface area contributed by atoms with Crippen LogP contribution in [0.25, 0.3) is 21.9 Å². The highest BCUT2D eigenvalue weighted by Crippen LogP contribution is 2.23. The fourth-order valence-electron chi connectivity index (χ4n) is 4.11. The van der Waals surface area contributed by atoms with Crippen molar-refractivity contribution in [3.63, 3.8) is 0 Å². The van der Waals surface area contributed by atoms with Gasteiger partial charge in [0.2, 0.25) is 11.4 Å². The molecular weight excluding hydrogens is 404 g/mol. The number of fused-ring (bicyclic) bond motifs is 2. The summed E-state index contributed by atoms with van der Waals surface area (Å²) in [5.74, 6) is 1.53. The number of hydrogen-bond acceptors (Lipinski definition) is 7. The molecule has 8 nitrogen and oxygen atoms in total. The fourth-order valence-corrected chi connectivity index (χ4v) is 4.11. The van der Waals surface area contributed by atoms with Crippen LogP contribution in [0, 0.1) is 0 Å². The second-order valence-electron chi connectivity index (χ2n) is 8.00. The van der Waals surface area contributed by atoms with Gasteiger partial charge in [-0.25, -0.2) is 4.98 Å². The van der Waals surface area contributed by atoms with Crippen LogP contribution in [0.2, 0.25) is 0 Å². The van der Waals surface area contributed by atoms with Gasteiger partial charge >= 0.3 is 0 Å². The Morgan fingerprint density at radius 1 is 0.906 bits per heavy atom. The molecule has 1 aliphatic heterocycles. The second-order valence-corrected chi connectivity index (χ2v) is 8.00. The van der Waals surface area contributed by atoms with Crippen molar-refractivity contribution in [1.82, 2.24) is 24.8 Å². The summed E-state index contributed by atoms with van der Waals surface area (Å²) in [5.41, 5.74) is 1.38. The van der Waals surface area contributed by atoms with Crippen LogP contribution in [0.4, 0.5) is 5.82 Å². The molecule has 5 rings (SSSR count). The Morgan fingerprint density at radius 2 is 1.78 bits per heavy atom. The van der Waals surface area contributed by atoms with Gasteiger partial charge in [0, 0.05) is 61.5 Å². The van der Waals surface area contributed by atoms with Crippen LogP contribution < -0.4 is 15.2 Å². The molecule has 0 radical (unpaired) electrons. The quantitative estimate of drug-likeness (QED) is 0.451. The molecule has 0 amide bonds. The lowest BCUT2D eigenvalue weighted by atomic mass is 10.2. The Bertz CT molecular complexity index is 1260. The van der Waals surface area contributed by atoms with Crippen molar-refractivity contribution in [3.05, 3.63) is 65.2 Å². The van der Waals surface area contributed by atoms with Gasteiger partial charge in [-0.15, -0.1) is 0 Å². The van der Waals surface area contributed by atoms with Crippen molar-refractivity contribution in [2.24, 2.45) is 0 Å². The number of pyridine rings is 4. The monoisotopic (exact) mass is 430 g/mol. The van der Waals surface area contributed by atoms with Gasteiger partial charge in [0.25, 0.3) is 0 Å². The van der Waals surface area contributed by atoms with Gasteiger partial charge in [0.15, 0.2) is 5.82 Å². The molecule has 0 aromatic carbocycles. The first kappa shape index (κ1) is 20.4. The Balaban J connectivity index is 1.06. The molecule has 0 unspecified atom stereocenters. The molecule has 0 bridgehead atoms. The topological polar surface area (TPSA) is 87.2 Å². The summed E-state index contributed by atoms with van der Waals surface area (Å²) < 4.78 is 5.78. The highest BCUT2D eigenvalue weighted by Gasteiger charge is 2.19. The number of aromatic nitrogens is 4. The van der Waals surface area contributed by atoms with Crippen LogP contribution in [0.1, 0.15) is 12.8 Å². The molecular formula is C24H26N6O2. The first-order chi connectivity index (χ1) is 15.8. The molecule has 8 heteroatoms. The number of unbranched alkanes of at least 4 members (excludes halogenated alkanes) is 1. The van der Waals surface area contributed by atoms with Crippen molar-refractivity contribution in [3.8, 4) is 5.88 Å². The summed E-state index contributed by atoms with van der Waals surface area (Å²) >= 11 is 0. The van der Waals surface area contributed by atoms with E-state index in [9.17, 15) is 4.79 Å². The van der Waals surface area contributed by atoms with Gasteiger partial charge in [-0.05, 0) is 43.7 Å². The molecule has 4 aromatic rings. The predicted molar refractivity (Wildman–Crippen MR) is 125 cm³/mol. The first-order valence-corrected chi connectivity index (χ1v) is 11.1. The molecule has 4 aromatic heterocycles. The van der Waals surface area contributed by atoms with Crippen molar-refractivity contribution in [2.75, 3.05) is 44.2 Å². The smallest absolute Gasteiger partial charge is 0.249 e. The molecule has 1 aliphatic rings. The number of piperazine rings is 1. The normalized spacial score (nSPS) is 14.8. The number of ether oxygens (including phenoxy) is 1. The van der Waals surface area contributed by atoms with E-state index >= 15 is 0 Å². The van der Waals surface area contributed by atoms with Crippen LogP contribution in [-0.4, -0.2) is 64.2 Å². The van der Waals surface area contributed by atoms with E-state index in [-0.39, 0.29) is 5.56 Å². The Kier molecular flexibility index (Phi) is 5.93. The van der Waals surface area contributed by atoms with Gasteiger partial charge in [-0.3, -0.25) is 14.7 Å². The number of anilines is 1. The lowest BCUT2D eigenvalue weighted by Gasteiger charge is -2.35. The lowest BCUT2D eigenvalue weighted by molar-refractivity contribution is 0.236. The van der Waals surface area contributed by atoms with Crippen molar-refractivity contribution in [1.29, 1.82) is 0 Å². The van der Waals surface area contributed by atoms with E-state index in [1.807, 2.05) is 36.7 Å². The number of H-pyrrole nitrogens is 1. The third kappa shape index (κ3) is 4.55. The summed E-state index contributed by atoms with van der Waals surface area (Å²) in [4.78, 5) is 32.5. The first-order valence-electron chi connectivity index (χ1n) is 11.1. The van der Waals surface area contributed by atoms with Gasteiger partial charge in [0.05, 0.1) is 6.61 Å². The van der Waals surface area contributed by atoms with E-state index in [2.05, 4.69) is 35.8 Å². The van der Waals surface area contributed by atoms with E-state index in [0.29, 0.717) is 18.1 Å². The number of hydrogen-bond donors (Lipinski definition) is 1. The molecule has 5 heterocycles.